The smallest absolute Gasteiger partial charge is 0.336 e. The van der Waals surface area contributed by atoms with Crippen molar-refractivity contribution in [3.63, 3.8) is 0 Å². The van der Waals surface area contributed by atoms with Crippen molar-refractivity contribution in [2.45, 2.75) is 32.2 Å². The van der Waals surface area contributed by atoms with E-state index in [1.807, 2.05) is 24.4 Å². The first kappa shape index (κ1) is 18.4. The molecule has 0 amide bonds. The number of hydrogen-bond acceptors (Lipinski definition) is 5. The van der Waals surface area contributed by atoms with Crippen LogP contribution in [0.5, 0.6) is 0 Å². The summed E-state index contributed by atoms with van der Waals surface area (Å²) in [6.45, 7) is 4.71. The number of carboxylic acid groups (broad SMARTS) is 1. The van der Waals surface area contributed by atoms with Crippen LogP contribution in [0, 0.1) is 6.92 Å². The number of carbonyl (C=O) groups is 1. The summed E-state index contributed by atoms with van der Waals surface area (Å²) in [6, 6.07) is 10.7. The molecule has 0 saturated carbocycles. The largest absolute Gasteiger partial charge is 0.478 e. The highest BCUT2D eigenvalue weighted by Gasteiger charge is 2.24. The highest BCUT2D eigenvalue weighted by molar-refractivity contribution is 5.95. The first-order chi connectivity index (χ1) is 13.6. The fourth-order valence-corrected chi connectivity index (χ4v) is 3.97. The van der Waals surface area contributed by atoms with Gasteiger partial charge in [-0.3, -0.25) is 4.90 Å². The van der Waals surface area contributed by atoms with Gasteiger partial charge in [0.2, 0.25) is 0 Å². The van der Waals surface area contributed by atoms with E-state index in [0.29, 0.717) is 23.8 Å². The number of piperidine rings is 1. The van der Waals surface area contributed by atoms with Crippen molar-refractivity contribution in [3.8, 4) is 11.3 Å². The maximum Gasteiger partial charge on any atom is 0.336 e. The summed E-state index contributed by atoms with van der Waals surface area (Å²) in [5, 5.41) is 9.39. The molecule has 144 valence electrons. The first-order valence-electron chi connectivity index (χ1n) is 9.52. The second kappa shape index (κ2) is 7.94. The maximum atomic E-state index is 11.5. The molecule has 2 aromatic heterocycles. The van der Waals surface area contributed by atoms with Crippen molar-refractivity contribution in [2.75, 3.05) is 13.1 Å². The monoisotopic (exact) mass is 377 g/mol. The summed E-state index contributed by atoms with van der Waals surface area (Å²) in [6.07, 6.45) is 5.74. The Balaban J connectivity index is 1.49. The van der Waals surface area contributed by atoms with Crippen LogP contribution < -0.4 is 0 Å². The summed E-state index contributed by atoms with van der Waals surface area (Å²) < 4.78 is 6.00. The minimum Gasteiger partial charge on any atom is -0.478 e. The van der Waals surface area contributed by atoms with Gasteiger partial charge in [0.05, 0.1) is 17.8 Å². The molecule has 1 atom stereocenters. The van der Waals surface area contributed by atoms with Gasteiger partial charge in [0.15, 0.2) is 0 Å². The van der Waals surface area contributed by atoms with Gasteiger partial charge in [0.1, 0.15) is 17.8 Å². The van der Waals surface area contributed by atoms with Crippen LogP contribution >= 0.6 is 0 Å². The van der Waals surface area contributed by atoms with Crippen LogP contribution in [0.3, 0.4) is 0 Å². The molecule has 1 fully saturated rings. The van der Waals surface area contributed by atoms with Gasteiger partial charge < -0.3 is 9.52 Å². The third kappa shape index (κ3) is 3.82. The van der Waals surface area contributed by atoms with Gasteiger partial charge in [-0.1, -0.05) is 18.2 Å². The van der Waals surface area contributed by atoms with Crippen LogP contribution in [0.1, 0.15) is 46.1 Å². The summed E-state index contributed by atoms with van der Waals surface area (Å²) in [5.74, 6) is 0.884. The maximum absolute atomic E-state index is 11.5. The lowest BCUT2D eigenvalue weighted by Gasteiger charge is -2.32. The number of benzene rings is 1. The van der Waals surface area contributed by atoms with Gasteiger partial charge in [0, 0.05) is 24.2 Å². The Hall–Kier alpha value is -2.99. The Morgan fingerprint density at radius 1 is 1.29 bits per heavy atom. The first-order valence-corrected chi connectivity index (χ1v) is 9.52. The van der Waals surface area contributed by atoms with Gasteiger partial charge in [-0.15, -0.1) is 0 Å². The second-order valence-corrected chi connectivity index (χ2v) is 7.28. The van der Waals surface area contributed by atoms with Gasteiger partial charge in [-0.25, -0.2) is 14.8 Å². The Kier molecular flexibility index (Phi) is 5.21. The summed E-state index contributed by atoms with van der Waals surface area (Å²) in [5.41, 5.74) is 3.13. The molecule has 3 heterocycles. The van der Waals surface area contributed by atoms with Crippen LogP contribution in [0.25, 0.3) is 11.3 Å². The molecule has 1 aliphatic heterocycles. The van der Waals surface area contributed by atoms with E-state index < -0.39 is 5.97 Å². The van der Waals surface area contributed by atoms with E-state index in [0.717, 1.165) is 42.9 Å². The Morgan fingerprint density at radius 3 is 2.96 bits per heavy atom. The number of aromatic carboxylic acids is 1. The quantitative estimate of drug-likeness (QED) is 0.720. The molecule has 0 radical (unpaired) electrons. The van der Waals surface area contributed by atoms with E-state index in [2.05, 4.69) is 21.8 Å². The predicted molar refractivity (Wildman–Crippen MR) is 105 cm³/mol. The van der Waals surface area contributed by atoms with E-state index >= 15 is 0 Å². The number of furan rings is 1. The van der Waals surface area contributed by atoms with E-state index in [4.69, 9.17) is 4.42 Å². The number of nitrogens with zero attached hydrogens (tertiary/aromatic N) is 3. The average molecular weight is 377 g/mol. The normalized spacial score (nSPS) is 17.5. The van der Waals surface area contributed by atoms with Crippen LogP contribution in [-0.4, -0.2) is 39.0 Å². The summed E-state index contributed by atoms with van der Waals surface area (Å²) >= 11 is 0. The topological polar surface area (TPSA) is 79.5 Å². The highest BCUT2D eigenvalue weighted by Crippen LogP contribution is 2.30. The van der Waals surface area contributed by atoms with E-state index in [-0.39, 0.29) is 5.56 Å². The fourth-order valence-electron chi connectivity index (χ4n) is 3.97. The number of aromatic nitrogens is 2. The number of rotatable bonds is 5. The average Bonchev–Trinajstić information content (AvgIpc) is 3.17. The Morgan fingerprint density at radius 2 is 2.14 bits per heavy atom. The number of aryl methyl sites for hydroxylation is 1. The third-order valence-corrected chi connectivity index (χ3v) is 5.29. The van der Waals surface area contributed by atoms with Crippen molar-refractivity contribution >= 4 is 5.97 Å². The predicted octanol–water partition coefficient (Wildman–Crippen LogP) is 4.12. The number of hydrogen-bond donors (Lipinski definition) is 1. The van der Waals surface area contributed by atoms with Crippen molar-refractivity contribution < 1.29 is 14.3 Å². The highest BCUT2D eigenvalue weighted by atomic mass is 16.4. The van der Waals surface area contributed by atoms with Crippen LogP contribution in [-0.2, 0) is 6.54 Å². The zero-order valence-electron chi connectivity index (χ0n) is 15.8. The minimum atomic E-state index is -0.951. The van der Waals surface area contributed by atoms with Crippen LogP contribution in [0.4, 0.5) is 0 Å². The third-order valence-electron chi connectivity index (χ3n) is 5.29. The lowest BCUT2D eigenvalue weighted by molar-refractivity contribution is 0.0697. The van der Waals surface area contributed by atoms with E-state index in [9.17, 15) is 9.90 Å². The van der Waals surface area contributed by atoms with E-state index in [1.54, 1.807) is 24.5 Å². The Bertz CT molecular complexity index is 982. The summed E-state index contributed by atoms with van der Waals surface area (Å²) in [7, 11) is 0. The second-order valence-electron chi connectivity index (χ2n) is 7.28. The van der Waals surface area contributed by atoms with Gasteiger partial charge in [-0.05, 0) is 50.1 Å². The Labute approximate surface area is 163 Å². The SMILES string of the molecule is Cc1cncnc1[C@H]1CCCN(Cc2ccc(-c3ccccc3C(=O)O)o2)C1. The zero-order chi connectivity index (χ0) is 19.5. The van der Waals surface area contributed by atoms with Crippen LogP contribution in [0.15, 0.2) is 53.3 Å². The van der Waals surface area contributed by atoms with Crippen molar-refractivity contribution in [3.05, 3.63) is 71.5 Å². The molecule has 28 heavy (non-hydrogen) atoms. The fraction of sp³-hybridized carbons (Fsp3) is 0.318. The van der Waals surface area contributed by atoms with Crippen LogP contribution in [0.2, 0.25) is 0 Å². The van der Waals surface area contributed by atoms with Crippen molar-refractivity contribution in [1.82, 2.24) is 14.9 Å². The molecular weight excluding hydrogens is 354 g/mol. The van der Waals surface area contributed by atoms with E-state index in [1.165, 1.54) is 0 Å². The van der Waals surface area contributed by atoms with Crippen molar-refractivity contribution in [1.29, 1.82) is 0 Å². The molecule has 0 spiro atoms. The van der Waals surface area contributed by atoms with Gasteiger partial charge in [-0.2, -0.15) is 0 Å². The molecule has 0 unspecified atom stereocenters. The number of likely N-dealkylation sites (tertiary alicyclic amines) is 1. The molecule has 4 rings (SSSR count). The standard InChI is InChI=1S/C22H23N3O3/c1-15-11-23-14-24-21(15)16-5-4-10-25(12-16)13-17-8-9-20(28-17)18-6-2-3-7-19(18)22(26)27/h2-3,6-9,11,14,16H,4-5,10,12-13H2,1H3,(H,26,27)/t16-/m0/s1. The zero-order valence-corrected chi connectivity index (χ0v) is 15.8. The van der Waals surface area contributed by atoms with Gasteiger partial charge >= 0.3 is 5.97 Å². The molecule has 1 aromatic carbocycles. The number of carboxylic acids is 1. The molecule has 3 aromatic rings. The molecule has 1 aliphatic rings. The van der Waals surface area contributed by atoms with Gasteiger partial charge in [0.25, 0.3) is 0 Å². The molecule has 6 nitrogen and oxygen atoms in total. The van der Waals surface area contributed by atoms with Crippen molar-refractivity contribution in [2.24, 2.45) is 0 Å². The molecule has 0 bridgehead atoms. The molecule has 1 N–H and O–H groups in total. The molecule has 6 heteroatoms. The lowest BCUT2D eigenvalue weighted by atomic mass is 9.92. The summed E-state index contributed by atoms with van der Waals surface area (Å²) in [4.78, 5) is 22.4. The lowest BCUT2D eigenvalue weighted by Crippen LogP contribution is -2.34. The molecule has 1 saturated heterocycles. The molecule has 0 aliphatic carbocycles. The molecular formula is C22H23N3O3. The minimum absolute atomic E-state index is 0.251.